The highest BCUT2D eigenvalue weighted by Crippen LogP contribution is 2.41. The number of Topliss-reactive ketones (excluding diaryl/α,β-unsaturated/α-hetero) is 1. The zero-order valence-electron chi connectivity index (χ0n) is 27.5. The van der Waals surface area contributed by atoms with Gasteiger partial charge in [0, 0.05) is 11.8 Å². The van der Waals surface area contributed by atoms with Crippen molar-refractivity contribution in [3.63, 3.8) is 0 Å². The molecule has 0 atom stereocenters. The molecule has 0 N–H and O–H groups in total. The van der Waals surface area contributed by atoms with Crippen molar-refractivity contribution >= 4 is 5.78 Å². The third-order valence-corrected chi connectivity index (χ3v) is 8.39. The van der Waals surface area contributed by atoms with Crippen molar-refractivity contribution in [2.75, 3.05) is 0 Å². The molecule has 0 aromatic rings. The van der Waals surface area contributed by atoms with Crippen LogP contribution in [0, 0.1) is 10.8 Å². The van der Waals surface area contributed by atoms with E-state index in [1.165, 1.54) is 58.3 Å². The van der Waals surface area contributed by atoms with Gasteiger partial charge in [-0.25, -0.2) is 0 Å². The number of hydrogen-bond acceptors (Lipinski definition) is 1. The zero-order valence-corrected chi connectivity index (χ0v) is 27.5. The van der Waals surface area contributed by atoms with Crippen LogP contribution in [-0.4, -0.2) is 5.78 Å². The van der Waals surface area contributed by atoms with E-state index in [2.05, 4.69) is 140 Å². The van der Waals surface area contributed by atoms with Crippen LogP contribution in [0.4, 0.5) is 0 Å². The van der Waals surface area contributed by atoms with Gasteiger partial charge < -0.3 is 0 Å². The van der Waals surface area contributed by atoms with Gasteiger partial charge in [-0.15, -0.1) is 0 Å². The summed E-state index contributed by atoms with van der Waals surface area (Å²) >= 11 is 0. The zero-order chi connectivity index (χ0) is 30.6. The predicted octanol–water partition coefficient (Wildman–Crippen LogP) is 11.8. The molecule has 41 heavy (non-hydrogen) atoms. The Labute approximate surface area is 252 Å². The Hall–Kier alpha value is -3.19. The van der Waals surface area contributed by atoms with E-state index in [-0.39, 0.29) is 10.8 Å². The van der Waals surface area contributed by atoms with Crippen LogP contribution in [0.5, 0.6) is 0 Å². The quantitative estimate of drug-likeness (QED) is 0.247. The molecule has 2 rings (SSSR count). The van der Waals surface area contributed by atoms with Crippen molar-refractivity contribution in [3.05, 3.63) is 130 Å². The normalized spacial score (nSPS) is 21.8. The molecular weight excluding hydrogens is 496 g/mol. The molecule has 0 aromatic heterocycles. The molecule has 0 saturated carbocycles. The van der Waals surface area contributed by atoms with Gasteiger partial charge in [0.15, 0.2) is 0 Å². The summed E-state index contributed by atoms with van der Waals surface area (Å²) < 4.78 is 0. The maximum absolute atomic E-state index is 12.4. The van der Waals surface area contributed by atoms with Gasteiger partial charge in [0.25, 0.3) is 0 Å². The van der Waals surface area contributed by atoms with Crippen LogP contribution in [0.1, 0.15) is 101 Å². The lowest BCUT2D eigenvalue weighted by molar-refractivity contribution is -0.125. The van der Waals surface area contributed by atoms with Gasteiger partial charge in [-0.05, 0) is 97.6 Å². The van der Waals surface area contributed by atoms with Gasteiger partial charge in [0.1, 0.15) is 5.78 Å². The molecule has 2 aliphatic carbocycles. The van der Waals surface area contributed by atoms with E-state index in [1.54, 1.807) is 0 Å². The molecule has 2 aliphatic rings. The first-order chi connectivity index (χ1) is 19.2. The van der Waals surface area contributed by atoms with Crippen LogP contribution in [0.25, 0.3) is 0 Å². The minimum atomic E-state index is -0.389. The monoisotopic (exact) mass is 550 g/mol. The van der Waals surface area contributed by atoms with Crippen LogP contribution < -0.4 is 0 Å². The number of carbonyl (C=O) groups is 1. The van der Waals surface area contributed by atoms with Crippen molar-refractivity contribution in [1.82, 2.24) is 0 Å². The lowest BCUT2D eigenvalue weighted by Crippen LogP contribution is -2.30. The Bertz CT molecular complexity index is 1300. The van der Waals surface area contributed by atoms with Gasteiger partial charge in [-0.1, -0.05) is 132 Å². The van der Waals surface area contributed by atoms with Crippen LogP contribution in [0.2, 0.25) is 0 Å². The average Bonchev–Trinajstić information content (AvgIpc) is 2.88. The third-order valence-electron chi connectivity index (χ3n) is 8.39. The maximum atomic E-state index is 12.4. The number of rotatable bonds is 10. The van der Waals surface area contributed by atoms with Crippen LogP contribution in [-0.2, 0) is 4.79 Å². The van der Waals surface area contributed by atoms with E-state index in [0.29, 0.717) is 12.2 Å². The van der Waals surface area contributed by atoms with Crippen molar-refractivity contribution in [1.29, 1.82) is 0 Å². The molecular formula is C40H54O. The first-order valence-electron chi connectivity index (χ1n) is 15.3. The third kappa shape index (κ3) is 11.0. The molecule has 0 aliphatic heterocycles. The topological polar surface area (TPSA) is 17.1 Å². The molecule has 0 heterocycles. The highest BCUT2D eigenvalue weighted by Gasteiger charge is 2.34. The second-order valence-corrected chi connectivity index (χ2v) is 13.1. The van der Waals surface area contributed by atoms with Gasteiger partial charge >= 0.3 is 0 Å². The molecule has 0 radical (unpaired) electrons. The molecule has 0 spiro atoms. The Morgan fingerprint density at radius 3 is 1.54 bits per heavy atom. The van der Waals surface area contributed by atoms with E-state index in [1.807, 2.05) is 13.8 Å². The smallest absolute Gasteiger partial charge is 0.143 e. The minimum absolute atomic E-state index is 0.281. The fraction of sp³-hybridized carbons (Fsp3) is 0.425. The van der Waals surface area contributed by atoms with Crippen molar-refractivity contribution in [3.8, 4) is 0 Å². The minimum Gasteiger partial charge on any atom is -0.299 e. The summed E-state index contributed by atoms with van der Waals surface area (Å²) in [6.45, 7) is 21.7. The predicted molar refractivity (Wildman–Crippen MR) is 182 cm³/mol. The second kappa shape index (κ2) is 15.7. The molecule has 1 nitrogen and oxygen atoms in total. The van der Waals surface area contributed by atoms with Gasteiger partial charge in [-0.2, -0.15) is 0 Å². The molecule has 0 unspecified atom stereocenters. The molecule has 0 aromatic carbocycles. The molecule has 0 amide bonds. The summed E-state index contributed by atoms with van der Waals surface area (Å²) in [7, 11) is 0. The number of ketones is 1. The molecule has 0 bridgehead atoms. The van der Waals surface area contributed by atoms with Crippen molar-refractivity contribution in [2.24, 2.45) is 10.8 Å². The van der Waals surface area contributed by atoms with E-state index >= 15 is 0 Å². The van der Waals surface area contributed by atoms with Gasteiger partial charge in [0.2, 0.25) is 0 Å². The standard InChI is InChI=1S/C40H54O/c1-30(18-13-20-32(3)23-26-36-34(5)22-15-29-39(36,7)8)16-11-12-17-31(2)19-14-21-33(4)24-27-37-35(6)25-28-38(41)40(37,9)10/h11-14,16-21,23-24,26-27H,15,22,25,28-29H2,1-10H3/b12-11+,18-13+,19-14+,26-23+,27-24+,30-16+,31-17+,32-20+,33-21+. The van der Waals surface area contributed by atoms with Crippen molar-refractivity contribution in [2.45, 2.75) is 101 Å². The van der Waals surface area contributed by atoms with E-state index in [9.17, 15) is 4.79 Å². The SMILES string of the molecule is CC1=C(/C=C/C(C)=C/C=C/C(C)=C/C=C/C=C(C)/C=C/C=C(C)/C=C/C2=C(C)CCC(=O)C2(C)C)C(C)(C)CCC1. The summed E-state index contributed by atoms with van der Waals surface area (Å²) in [6.07, 6.45) is 35.3. The van der Waals surface area contributed by atoms with Crippen molar-refractivity contribution < 1.29 is 4.79 Å². The van der Waals surface area contributed by atoms with Crippen LogP contribution in [0.3, 0.4) is 0 Å². The van der Waals surface area contributed by atoms with Crippen LogP contribution in [0.15, 0.2) is 130 Å². The summed E-state index contributed by atoms with van der Waals surface area (Å²) in [5.74, 6) is 0.334. The number of hydrogen-bond donors (Lipinski definition) is 0. The van der Waals surface area contributed by atoms with E-state index in [4.69, 9.17) is 0 Å². The van der Waals surface area contributed by atoms with E-state index in [0.717, 1.165) is 12.0 Å². The summed E-state index contributed by atoms with van der Waals surface area (Å²) in [5.41, 5.74) is 10.2. The molecule has 0 fully saturated rings. The largest absolute Gasteiger partial charge is 0.299 e. The summed E-state index contributed by atoms with van der Waals surface area (Å²) in [5, 5.41) is 0. The fourth-order valence-electron chi connectivity index (χ4n) is 5.56. The molecule has 220 valence electrons. The van der Waals surface area contributed by atoms with Gasteiger partial charge in [0.05, 0.1) is 0 Å². The average molecular weight is 551 g/mol. The summed E-state index contributed by atoms with van der Waals surface area (Å²) in [4.78, 5) is 12.4. The Balaban J connectivity index is 1.90. The highest BCUT2D eigenvalue weighted by atomic mass is 16.1. The Morgan fingerprint density at radius 1 is 0.585 bits per heavy atom. The summed E-state index contributed by atoms with van der Waals surface area (Å²) in [6, 6.07) is 0. The molecule has 0 saturated heterocycles. The lowest BCUT2D eigenvalue weighted by Gasteiger charge is -2.32. The highest BCUT2D eigenvalue weighted by molar-refractivity contribution is 5.89. The first-order valence-corrected chi connectivity index (χ1v) is 15.3. The Morgan fingerprint density at radius 2 is 1.02 bits per heavy atom. The molecule has 1 heteroatoms. The maximum Gasteiger partial charge on any atom is 0.143 e. The van der Waals surface area contributed by atoms with Gasteiger partial charge in [-0.3, -0.25) is 4.79 Å². The fourth-order valence-corrected chi connectivity index (χ4v) is 5.56. The number of carbonyl (C=O) groups excluding carboxylic acids is 1. The first kappa shape index (κ1) is 34.0. The van der Waals surface area contributed by atoms with Crippen LogP contribution >= 0.6 is 0 Å². The second-order valence-electron chi connectivity index (χ2n) is 13.1. The Kier molecular flexibility index (Phi) is 13.0. The lowest BCUT2D eigenvalue weighted by atomic mass is 9.71. The van der Waals surface area contributed by atoms with E-state index < -0.39 is 0 Å². The number of allylic oxidation sites excluding steroid dienone is 22.